The summed E-state index contributed by atoms with van der Waals surface area (Å²) in [6, 6.07) is 0. The van der Waals surface area contributed by atoms with Crippen molar-refractivity contribution in [3.8, 4) is 0 Å². The van der Waals surface area contributed by atoms with Crippen LogP contribution >= 0.6 is 0 Å². The van der Waals surface area contributed by atoms with Gasteiger partial charge in [0.1, 0.15) is 5.60 Å². The van der Waals surface area contributed by atoms with E-state index in [-0.39, 0.29) is 18.1 Å². The van der Waals surface area contributed by atoms with E-state index in [9.17, 15) is 15.0 Å². The number of rotatable bonds is 7. The molecular formula is C33H57NO3. The van der Waals surface area contributed by atoms with E-state index >= 15 is 0 Å². The van der Waals surface area contributed by atoms with Gasteiger partial charge in [0.15, 0.2) is 5.78 Å². The Bertz CT molecular complexity index is 822. The van der Waals surface area contributed by atoms with E-state index in [0.29, 0.717) is 23.2 Å². The molecule has 0 aromatic rings. The summed E-state index contributed by atoms with van der Waals surface area (Å²) in [4.78, 5) is 17.0. The number of fused-ring (bicyclic) bond motifs is 5. The Kier molecular flexibility index (Phi) is 7.98. The molecule has 37 heavy (non-hydrogen) atoms. The van der Waals surface area contributed by atoms with Crippen molar-refractivity contribution in [3.05, 3.63) is 0 Å². The summed E-state index contributed by atoms with van der Waals surface area (Å²) in [7, 11) is 0. The van der Waals surface area contributed by atoms with Crippen molar-refractivity contribution in [2.24, 2.45) is 52.3 Å². The molecule has 0 amide bonds. The summed E-state index contributed by atoms with van der Waals surface area (Å²) in [5.41, 5.74) is -1.43. The summed E-state index contributed by atoms with van der Waals surface area (Å²) in [5, 5.41) is 22.8. The van der Waals surface area contributed by atoms with Gasteiger partial charge in [-0.15, -0.1) is 0 Å². The van der Waals surface area contributed by atoms with E-state index in [1.54, 1.807) is 0 Å². The van der Waals surface area contributed by atoms with Crippen LogP contribution in [-0.4, -0.2) is 52.2 Å². The Labute approximate surface area is 227 Å². The Hall–Kier alpha value is -0.450. The van der Waals surface area contributed by atoms with E-state index in [1.165, 1.54) is 57.8 Å². The van der Waals surface area contributed by atoms with E-state index in [0.717, 1.165) is 56.7 Å². The van der Waals surface area contributed by atoms with Gasteiger partial charge in [0.25, 0.3) is 0 Å². The normalized spacial score (nSPS) is 47.4. The number of hydrogen-bond donors (Lipinski definition) is 2. The van der Waals surface area contributed by atoms with Crippen LogP contribution in [0.3, 0.4) is 0 Å². The van der Waals surface area contributed by atoms with Crippen LogP contribution in [0.25, 0.3) is 0 Å². The molecule has 2 N–H and O–H groups in total. The van der Waals surface area contributed by atoms with Gasteiger partial charge in [-0.1, -0.05) is 60.3 Å². The van der Waals surface area contributed by atoms with Crippen molar-refractivity contribution >= 4 is 5.78 Å². The lowest BCUT2D eigenvalue weighted by Gasteiger charge is -2.65. The van der Waals surface area contributed by atoms with Crippen LogP contribution in [0.2, 0.25) is 0 Å². The molecule has 1 aliphatic heterocycles. The molecule has 4 nitrogen and oxygen atoms in total. The highest BCUT2D eigenvalue weighted by molar-refractivity contribution is 5.92. The first kappa shape index (κ1) is 28.1. The molecular weight excluding hydrogens is 458 g/mol. The minimum atomic E-state index is -1.36. The summed E-state index contributed by atoms with van der Waals surface area (Å²) in [6.45, 7) is 15.0. The second-order valence-corrected chi connectivity index (χ2v) is 15.3. The minimum absolute atomic E-state index is 0.0777. The maximum absolute atomic E-state index is 14.5. The monoisotopic (exact) mass is 515 g/mol. The number of nitrogens with zero attached hydrogens (tertiary/aromatic N) is 1. The van der Waals surface area contributed by atoms with Gasteiger partial charge in [-0.3, -0.25) is 4.79 Å². The minimum Gasteiger partial charge on any atom is -0.393 e. The molecule has 0 bridgehead atoms. The first-order chi connectivity index (χ1) is 17.5. The number of Topliss-reactive ketones (excluding diaryl/α,β-unsaturated/α-hetero) is 1. The molecule has 0 aromatic carbocycles. The molecule has 0 aromatic heterocycles. The number of aliphatic hydroxyl groups excluding tert-OH is 1. The van der Waals surface area contributed by atoms with Gasteiger partial charge < -0.3 is 15.1 Å². The lowest BCUT2D eigenvalue weighted by molar-refractivity contribution is -0.226. The Balaban J connectivity index is 1.45. The van der Waals surface area contributed by atoms with Gasteiger partial charge in [-0.25, -0.2) is 0 Å². The predicted molar refractivity (Wildman–Crippen MR) is 150 cm³/mol. The van der Waals surface area contributed by atoms with E-state index < -0.39 is 17.1 Å². The average Bonchev–Trinajstić information content (AvgIpc) is 3.21. The van der Waals surface area contributed by atoms with Crippen LogP contribution in [0.5, 0.6) is 0 Å². The fraction of sp³-hybridized carbons (Fsp3) is 0.970. The maximum Gasteiger partial charge on any atom is 0.169 e. The first-order valence-corrected chi connectivity index (χ1v) is 16.2. The van der Waals surface area contributed by atoms with Crippen LogP contribution in [-0.2, 0) is 4.79 Å². The van der Waals surface area contributed by atoms with E-state index in [4.69, 9.17) is 0 Å². The van der Waals surface area contributed by atoms with Gasteiger partial charge in [0.2, 0.25) is 0 Å². The molecule has 0 spiro atoms. The van der Waals surface area contributed by atoms with Gasteiger partial charge in [0, 0.05) is 24.3 Å². The quantitative estimate of drug-likeness (QED) is 0.408. The predicted octanol–water partition coefficient (Wildman–Crippen LogP) is 6.47. The second-order valence-electron chi connectivity index (χ2n) is 15.3. The SMILES string of the molecule is CC(C)CCC[C@@H](C)[C@H]1CC[C@H]2[C@@H]3C(CN4CCCCC4)C(=O)[C@@]4(O)C[C@@H](O)CC[C@]4(C)[C@H]3CC[C@]12C. The maximum atomic E-state index is 14.5. The standard InChI is InChI=1S/C33H57NO3/c1-22(2)10-9-11-23(3)26-12-13-27-29-25(21-34-18-7-6-8-19-34)30(36)33(37)20-24(35)14-17-32(33,5)28(29)15-16-31(26,27)4/h22-29,35,37H,6-21H2,1-5H3/t23-,24+,25?,26-,27+,28+,29+,31-,32-,33+/m1/s1. The van der Waals surface area contributed by atoms with Gasteiger partial charge >= 0.3 is 0 Å². The van der Waals surface area contributed by atoms with Crippen LogP contribution < -0.4 is 0 Å². The zero-order valence-corrected chi connectivity index (χ0v) is 24.7. The number of carbonyl (C=O) groups excluding carboxylic acids is 1. The van der Waals surface area contributed by atoms with Gasteiger partial charge in [-0.05, 0) is 105 Å². The highest BCUT2D eigenvalue weighted by Crippen LogP contribution is 2.69. The molecule has 4 saturated carbocycles. The van der Waals surface area contributed by atoms with Gasteiger partial charge in [0.05, 0.1) is 6.10 Å². The number of likely N-dealkylation sites (tertiary alicyclic amines) is 1. The summed E-state index contributed by atoms with van der Waals surface area (Å²) in [6.07, 6.45) is 13.9. The molecule has 0 radical (unpaired) electrons. The van der Waals surface area contributed by atoms with Crippen molar-refractivity contribution in [2.75, 3.05) is 19.6 Å². The molecule has 1 unspecified atom stereocenters. The zero-order valence-electron chi connectivity index (χ0n) is 24.7. The van der Waals surface area contributed by atoms with Crippen molar-refractivity contribution in [3.63, 3.8) is 0 Å². The van der Waals surface area contributed by atoms with Crippen molar-refractivity contribution < 1.29 is 15.0 Å². The Morgan fingerprint density at radius 2 is 1.68 bits per heavy atom. The van der Waals surface area contributed by atoms with E-state index in [1.807, 2.05) is 0 Å². The first-order valence-electron chi connectivity index (χ1n) is 16.2. The largest absolute Gasteiger partial charge is 0.393 e. The Morgan fingerprint density at radius 1 is 0.946 bits per heavy atom. The van der Waals surface area contributed by atoms with Crippen LogP contribution in [0.15, 0.2) is 0 Å². The van der Waals surface area contributed by atoms with Crippen molar-refractivity contribution in [2.45, 2.75) is 130 Å². The smallest absolute Gasteiger partial charge is 0.169 e. The number of hydrogen-bond acceptors (Lipinski definition) is 4. The third-order valence-electron chi connectivity index (χ3n) is 12.9. The van der Waals surface area contributed by atoms with Crippen LogP contribution in [0, 0.1) is 52.3 Å². The zero-order chi connectivity index (χ0) is 26.6. The molecule has 212 valence electrons. The summed E-state index contributed by atoms with van der Waals surface area (Å²) in [5.74, 6) is 3.69. The molecule has 5 aliphatic rings. The molecule has 5 rings (SSSR count). The third-order valence-corrected chi connectivity index (χ3v) is 12.9. The fourth-order valence-corrected chi connectivity index (χ4v) is 10.9. The molecule has 4 aliphatic carbocycles. The Morgan fingerprint density at radius 3 is 2.38 bits per heavy atom. The van der Waals surface area contributed by atoms with E-state index in [2.05, 4.69) is 39.5 Å². The third kappa shape index (κ3) is 4.67. The fourth-order valence-electron chi connectivity index (χ4n) is 10.9. The van der Waals surface area contributed by atoms with Crippen molar-refractivity contribution in [1.82, 2.24) is 4.90 Å². The molecule has 5 fully saturated rings. The van der Waals surface area contributed by atoms with Crippen molar-refractivity contribution in [1.29, 1.82) is 0 Å². The molecule has 4 heteroatoms. The summed E-state index contributed by atoms with van der Waals surface area (Å²) < 4.78 is 0. The molecule has 1 heterocycles. The van der Waals surface area contributed by atoms with Gasteiger partial charge in [-0.2, -0.15) is 0 Å². The lowest BCUT2D eigenvalue weighted by atomic mass is 9.40. The summed E-state index contributed by atoms with van der Waals surface area (Å²) >= 11 is 0. The molecule has 10 atom stereocenters. The second kappa shape index (κ2) is 10.5. The highest BCUT2D eigenvalue weighted by atomic mass is 16.3. The topological polar surface area (TPSA) is 60.8 Å². The lowest BCUT2D eigenvalue weighted by Crippen LogP contribution is -2.71. The number of piperidine rings is 1. The van der Waals surface area contributed by atoms with Crippen LogP contribution in [0.4, 0.5) is 0 Å². The number of aliphatic hydroxyl groups is 2. The highest BCUT2D eigenvalue weighted by Gasteiger charge is 2.70. The van der Waals surface area contributed by atoms with Crippen LogP contribution in [0.1, 0.15) is 118 Å². The number of carbonyl (C=O) groups is 1. The number of ketones is 1. The average molecular weight is 516 g/mol. The molecule has 1 saturated heterocycles.